The molecule has 4 nitrogen and oxygen atoms in total. The number of nitrogens with one attached hydrogen (secondary N) is 1. The van der Waals surface area contributed by atoms with Gasteiger partial charge in [-0.2, -0.15) is 0 Å². The molecule has 252 valence electrons. The number of rotatable bonds is 33. The molecule has 0 fully saturated rings. The fraction of sp³-hybridized carbons (Fsp3) is 0.821. The van der Waals surface area contributed by atoms with Crippen molar-refractivity contribution in [1.82, 2.24) is 5.32 Å². The zero-order valence-corrected chi connectivity index (χ0v) is 28.7. The quantitative estimate of drug-likeness (QED) is 0.0516. The molecular weight excluding hydrogens is 530 g/mol. The Morgan fingerprint density at radius 2 is 0.907 bits per heavy atom. The van der Waals surface area contributed by atoms with Crippen molar-refractivity contribution >= 4 is 5.91 Å². The molecule has 0 bridgehead atoms. The lowest BCUT2D eigenvalue weighted by Crippen LogP contribution is -2.45. The van der Waals surface area contributed by atoms with Gasteiger partial charge in [-0.15, -0.1) is 0 Å². The van der Waals surface area contributed by atoms with Gasteiger partial charge in [0.2, 0.25) is 5.91 Å². The maximum absolute atomic E-state index is 11.7. The Morgan fingerprint density at radius 1 is 0.535 bits per heavy atom. The molecule has 0 aromatic rings. The first kappa shape index (κ1) is 41.6. The van der Waals surface area contributed by atoms with E-state index in [1.165, 1.54) is 135 Å². The molecule has 2 atom stereocenters. The topological polar surface area (TPSA) is 69.6 Å². The van der Waals surface area contributed by atoms with Gasteiger partial charge in [0.05, 0.1) is 18.8 Å². The standard InChI is InChI=1S/C39H73NO3/c1-3-5-6-7-8-9-10-11-12-13-14-15-16-17-18-19-20-21-22-23-24-25-26-27-28-29-30-31-32-33-35-38(42)37(36-41)40-39(43)34-4-2/h25-26,29-30,33,35,37-38,41-42H,3-24,27-28,31-32,34,36H2,1-2H3,(H,40,43)/b26-25+,30-29+,35-33+. The van der Waals surface area contributed by atoms with Crippen LogP contribution in [-0.2, 0) is 4.79 Å². The zero-order valence-electron chi connectivity index (χ0n) is 28.7. The normalized spacial score (nSPS) is 13.5. The van der Waals surface area contributed by atoms with E-state index in [4.69, 9.17) is 0 Å². The van der Waals surface area contributed by atoms with Crippen LogP contribution in [0.2, 0.25) is 0 Å². The van der Waals surface area contributed by atoms with E-state index < -0.39 is 12.1 Å². The van der Waals surface area contributed by atoms with Crippen molar-refractivity contribution in [2.24, 2.45) is 0 Å². The van der Waals surface area contributed by atoms with Crippen molar-refractivity contribution in [2.75, 3.05) is 6.61 Å². The smallest absolute Gasteiger partial charge is 0.220 e. The van der Waals surface area contributed by atoms with Crippen LogP contribution in [0.25, 0.3) is 0 Å². The lowest BCUT2D eigenvalue weighted by Gasteiger charge is -2.19. The third-order valence-electron chi connectivity index (χ3n) is 8.32. The summed E-state index contributed by atoms with van der Waals surface area (Å²) in [5.41, 5.74) is 0. The van der Waals surface area contributed by atoms with E-state index in [9.17, 15) is 15.0 Å². The molecular formula is C39H73NO3. The van der Waals surface area contributed by atoms with Crippen LogP contribution in [0.1, 0.15) is 187 Å². The van der Waals surface area contributed by atoms with Crippen LogP contribution >= 0.6 is 0 Å². The monoisotopic (exact) mass is 604 g/mol. The molecule has 43 heavy (non-hydrogen) atoms. The molecule has 0 aliphatic rings. The van der Waals surface area contributed by atoms with Gasteiger partial charge in [-0.25, -0.2) is 0 Å². The zero-order chi connectivity index (χ0) is 31.5. The molecule has 0 saturated heterocycles. The van der Waals surface area contributed by atoms with E-state index in [0.717, 1.165) is 32.1 Å². The van der Waals surface area contributed by atoms with Crippen LogP contribution in [0.5, 0.6) is 0 Å². The maximum Gasteiger partial charge on any atom is 0.220 e. The second kappa shape index (κ2) is 35.1. The summed E-state index contributed by atoms with van der Waals surface area (Å²) in [7, 11) is 0. The third-order valence-corrected chi connectivity index (χ3v) is 8.32. The number of carbonyl (C=O) groups excluding carboxylic acids is 1. The molecule has 0 saturated carbocycles. The van der Waals surface area contributed by atoms with Crippen molar-refractivity contribution in [2.45, 2.75) is 199 Å². The van der Waals surface area contributed by atoms with E-state index in [1.54, 1.807) is 6.08 Å². The third kappa shape index (κ3) is 31.8. The Balaban J connectivity index is 3.40. The highest BCUT2D eigenvalue weighted by atomic mass is 16.3. The second-order valence-corrected chi connectivity index (χ2v) is 12.6. The molecule has 1 amide bonds. The first-order chi connectivity index (χ1) is 21.2. The summed E-state index contributed by atoms with van der Waals surface area (Å²) in [4.78, 5) is 11.7. The van der Waals surface area contributed by atoms with E-state index in [0.29, 0.717) is 6.42 Å². The van der Waals surface area contributed by atoms with Crippen LogP contribution in [0.4, 0.5) is 0 Å². The van der Waals surface area contributed by atoms with Gasteiger partial charge in [-0.05, 0) is 44.9 Å². The van der Waals surface area contributed by atoms with Crippen molar-refractivity contribution in [3.8, 4) is 0 Å². The highest BCUT2D eigenvalue weighted by Gasteiger charge is 2.17. The van der Waals surface area contributed by atoms with Gasteiger partial charge >= 0.3 is 0 Å². The molecule has 0 aliphatic heterocycles. The first-order valence-corrected chi connectivity index (χ1v) is 18.7. The summed E-state index contributed by atoms with van der Waals surface area (Å²) >= 11 is 0. The number of unbranched alkanes of at least 4 members (excludes halogenated alkanes) is 22. The van der Waals surface area contributed by atoms with Crippen LogP contribution in [0.3, 0.4) is 0 Å². The number of hydrogen-bond acceptors (Lipinski definition) is 3. The van der Waals surface area contributed by atoms with Gasteiger partial charge in [0, 0.05) is 6.42 Å². The molecule has 0 rings (SSSR count). The fourth-order valence-electron chi connectivity index (χ4n) is 5.49. The van der Waals surface area contributed by atoms with Crippen molar-refractivity contribution in [1.29, 1.82) is 0 Å². The van der Waals surface area contributed by atoms with Crippen LogP contribution in [0, 0.1) is 0 Å². The molecule has 0 aromatic heterocycles. The Labute approximate surface area is 268 Å². The lowest BCUT2D eigenvalue weighted by atomic mass is 10.0. The predicted octanol–water partition coefficient (Wildman–Crippen LogP) is 11.1. The SMILES string of the molecule is CCCCCCCCCCCCCCCCCCCCCC/C=C/CC/C=C/CC/C=C/C(O)C(CO)NC(=O)CCC. The number of hydrogen-bond donors (Lipinski definition) is 3. The minimum Gasteiger partial charge on any atom is -0.394 e. The summed E-state index contributed by atoms with van der Waals surface area (Å²) in [6, 6.07) is -0.638. The van der Waals surface area contributed by atoms with E-state index >= 15 is 0 Å². The Kier molecular flexibility index (Phi) is 34.0. The lowest BCUT2D eigenvalue weighted by molar-refractivity contribution is -0.122. The molecule has 0 spiro atoms. The summed E-state index contributed by atoms with van der Waals surface area (Å²) in [6.07, 6.45) is 46.8. The Hall–Kier alpha value is -1.39. The molecule has 0 aliphatic carbocycles. The number of aliphatic hydroxyl groups is 2. The molecule has 0 radical (unpaired) electrons. The van der Waals surface area contributed by atoms with Gasteiger partial charge in [0.1, 0.15) is 0 Å². The molecule has 0 heterocycles. The van der Waals surface area contributed by atoms with E-state index in [2.05, 4.69) is 36.5 Å². The number of allylic oxidation sites excluding steroid dienone is 5. The van der Waals surface area contributed by atoms with E-state index in [1.807, 2.05) is 13.0 Å². The predicted molar refractivity (Wildman–Crippen MR) is 188 cm³/mol. The van der Waals surface area contributed by atoms with Crippen LogP contribution in [-0.4, -0.2) is 34.9 Å². The van der Waals surface area contributed by atoms with Crippen molar-refractivity contribution < 1.29 is 15.0 Å². The van der Waals surface area contributed by atoms with Crippen LogP contribution < -0.4 is 5.32 Å². The minimum atomic E-state index is -0.862. The Bertz CT molecular complexity index is 657. The van der Waals surface area contributed by atoms with Gasteiger partial charge in [0.25, 0.3) is 0 Å². The minimum absolute atomic E-state index is 0.133. The van der Waals surface area contributed by atoms with Crippen molar-refractivity contribution in [3.05, 3.63) is 36.5 Å². The van der Waals surface area contributed by atoms with Gasteiger partial charge in [-0.3, -0.25) is 4.79 Å². The maximum atomic E-state index is 11.7. The largest absolute Gasteiger partial charge is 0.394 e. The summed E-state index contributed by atoms with van der Waals surface area (Å²) in [6.45, 7) is 3.95. The summed E-state index contributed by atoms with van der Waals surface area (Å²) in [5.74, 6) is -0.133. The first-order valence-electron chi connectivity index (χ1n) is 18.7. The summed E-state index contributed by atoms with van der Waals surface area (Å²) < 4.78 is 0. The number of amides is 1. The number of aliphatic hydroxyl groups excluding tert-OH is 2. The highest BCUT2D eigenvalue weighted by Crippen LogP contribution is 2.15. The molecule has 2 unspecified atom stereocenters. The van der Waals surface area contributed by atoms with Gasteiger partial charge in [0.15, 0.2) is 0 Å². The van der Waals surface area contributed by atoms with Crippen LogP contribution in [0.15, 0.2) is 36.5 Å². The molecule has 4 heteroatoms. The summed E-state index contributed by atoms with van der Waals surface area (Å²) in [5, 5.41) is 22.2. The highest BCUT2D eigenvalue weighted by molar-refractivity contribution is 5.76. The second-order valence-electron chi connectivity index (χ2n) is 12.6. The van der Waals surface area contributed by atoms with E-state index in [-0.39, 0.29) is 12.5 Å². The van der Waals surface area contributed by atoms with Gasteiger partial charge in [-0.1, -0.05) is 172 Å². The van der Waals surface area contributed by atoms with Crippen molar-refractivity contribution in [3.63, 3.8) is 0 Å². The fourth-order valence-corrected chi connectivity index (χ4v) is 5.49. The number of carbonyl (C=O) groups is 1. The average Bonchev–Trinajstić information content (AvgIpc) is 3.00. The molecule has 3 N–H and O–H groups in total. The average molecular weight is 604 g/mol. The van der Waals surface area contributed by atoms with Gasteiger partial charge < -0.3 is 15.5 Å². The Morgan fingerprint density at radius 3 is 1.30 bits per heavy atom. The molecule has 0 aromatic carbocycles.